The molecule has 1 heterocycles. The number of carbonyl (C=O) groups excluding carboxylic acids is 1. The van der Waals surface area contributed by atoms with Gasteiger partial charge >= 0.3 is 5.97 Å². The van der Waals surface area contributed by atoms with Gasteiger partial charge in [0.25, 0.3) is 0 Å². The number of aryl methyl sites for hydroxylation is 1. The minimum Gasteiger partial charge on any atom is -0.458 e. The zero-order valence-corrected chi connectivity index (χ0v) is 8.34. The zero-order valence-electron chi connectivity index (χ0n) is 6.76. The van der Waals surface area contributed by atoms with Gasteiger partial charge in [0.1, 0.15) is 0 Å². The van der Waals surface area contributed by atoms with Gasteiger partial charge in [-0.05, 0) is 22.9 Å². The molecule has 4 nitrogen and oxygen atoms in total. The van der Waals surface area contributed by atoms with E-state index in [-0.39, 0.29) is 12.6 Å². The third kappa shape index (κ3) is 2.07. The average molecular weight is 234 g/mol. The average Bonchev–Trinajstić information content (AvgIpc) is 2.30. The molecule has 0 saturated carbocycles. The van der Waals surface area contributed by atoms with E-state index in [9.17, 15) is 4.79 Å². The maximum atomic E-state index is 10.4. The molecule has 0 aromatic carbocycles. The number of hydrogen-bond acceptors (Lipinski definition) is 4. The summed E-state index contributed by atoms with van der Waals surface area (Å²) < 4.78 is 10.3. The molecule has 0 aliphatic heterocycles. The third-order valence-corrected chi connectivity index (χ3v) is 2.28. The van der Waals surface area contributed by atoms with Crippen molar-refractivity contribution in [3.8, 4) is 0 Å². The molecule has 1 aromatic heterocycles. The van der Waals surface area contributed by atoms with Crippen molar-refractivity contribution in [3.63, 3.8) is 0 Å². The summed E-state index contributed by atoms with van der Waals surface area (Å²) >= 11 is 3.25. The van der Waals surface area contributed by atoms with Gasteiger partial charge in [0.05, 0.1) is 10.2 Å². The van der Waals surface area contributed by atoms with Crippen molar-refractivity contribution in [1.82, 2.24) is 5.16 Å². The first-order valence-electron chi connectivity index (χ1n) is 3.35. The summed E-state index contributed by atoms with van der Waals surface area (Å²) in [6, 6.07) is 0. The molecular formula is C7H8BrNO3. The molecule has 5 heteroatoms. The molecule has 0 aliphatic carbocycles. The number of nitrogens with zero attached hydrogens (tertiary/aromatic N) is 1. The summed E-state index contributed by atoms with van der Waals surface area (Å²) in [7, 11) is 0. The SMILES string of the molecule is CC(=O)OCc1onc(C)c1Br. The zero-order chi connectivity index (χ0) is 9.14. The molecule has 0 unspecified atom stereocenters. The fourth-order valence-electron chi connectivity index (χ4n) is 0.662. The standard InChI is InChI=1S/C7H8BrNO3/c1-4-7(8)6(12-9-4)3-11-5(2)10/h3H2,1-2H3. The largest absolute Gasteiger partial charge is 0.458 e. The summed E-state index contributed by atoms with van der Waals surface area (Å²) in [4.78, 5) is 10.4. The van der Waals surface area contributed by atoms with Crippen LogP contribution in [0.25, 0.3) is 0 Å². The van der Waals surface area contributed by atoms with Crippen LogP contribution >= 0.6 is 15.9 Å². The van der Waals surface area contributed by atoms with Crippen molar-refractivity contribution in [3.05, 3.63) is 15.9 Å². The Labute approximate surface area is 78.0 Å². The Balaban J connectivity index is 2.63. The predicted molar refractivity (Wildman–Crippen MR) is 44.4 cm³/mol. The minimum absolute atomic E-state index is 0.122. The lowest BCUT2D eigenvalue weighted by Gasteiger charge is -1.96. The fourth-order valence-corrected chi connectivity index (χ4v) is 0.922. The van der Waals surface area contributed by atoms with Crippen LogP contribution in [0.4, 0.5) is 0 Å². The molecule has 0 amide bonds. The smallest absolute Gasteiger partial charge is 0.303 e. The van der Waals surface area contributed by atoms with Gasteiger partial charge < -0.3 is 9.26 Å². The highest BCUT2D eigenvalue weighted by Gasteiger charge is 2.10. The molecule has 0 fully saturated rings. The van der Waals surface area contributed by atoms with Crippen molar-refractivity contribution in [2.45, 2.75) is 20.5 Å². The van der Waals surface area contributed by atoms with E-state index in [1.807, 2.05) is 0 Å². The minimum atomic E-state index is -0.337. The van der Waals surface area contributed by atoms with Crippen LogP contribution < -0.4 is 0 Å². The highest BCUT2D eigenvalue weighted by Crippen LogP contribution is 2.20. The highest BCUT2D eigenvalue weighted by molar-refractivity contribution is 9.10. The second-order valence-corrected chi connectivity index (χ2v) is 3.08. The van der Waals surface area contributed by atoms with E-state index >= 15 is 0 Å². The summed E-state index contributed by atoms with van der Waals surface area (Å²) in [5, 5.41) is 3.68. The van der Waals surface area contributed by atoms with Crippen LogP contribution in [0.2, 0.25) is 0 Å². The van der Waals surface area contributed by atoms with Crippen LogP contribution in [-0.4, -0.2) is 11.1 Å². The molecule has 66 valence electrons. The van der Waals surface area contributed by atoms with E-state index in [2.05, 4.69) is 21.1 Å². The number of esters is 1. The van der Waals surface area contributed by atoms with Crippen molar-refractivity contribution >= 4 is 21.9 Å². The van der Waals surface area contributed by atoms with Gasteiger partial charge in [0.2, 0.25) is 0 Å². The van der Waals surface area contributed by atoms with Gasteiger partial charge in [-0.3, -0.25) is 4.79 Å². The lowest BCUT2D eigenvalue weighted by atomic mass is 10.4. The fraction of sp³-hybridized carbons (Fsp3) is 0.429. The molecule has 12 heavy (non-hydrogen) atoms. The van der Waals surface area contributed by atoms with Crippen molar-refractivity contribution in [1.29, 1.82) is 0 Å². The van der Waals surface area contributed by atoms with Gasteiger partial charge in [-0.25, -0.2) is 0 Å². The van der Waals surface area contributed by atoms with Crippen LogP contribution in [0.3, 0.4) is 0 Å². The Bertz CT molecular complexity index is 295. The van der Waals surface area contributed by atoms with Crippen LogP contribution in [0, 0.1) is 6.92 Å². The van der Waals surface area contributed by atoms with Gasteiger partial charge in [0.15, 0.2) is 12.4 Å². The van der Waals surface area contributed by atoms with Crippen LogP contribution in [0.15, 0.2) is 9.00 Å². The summed E-state index contributed by atoms with van der Waals surface area (Å²) in [5.41, 5.74) is 0.747. The van der Waals surface area contributed by atoms with Crippen LogP contribution in [0.5, 0.6) is 0 Å². The number of ether oxygens (including phenoxy) is 1. The predicted octanol–water partition coefficient (Wildman–Crippen LogP) is 1.81. The number of carbonyl (C=O) groups is 1. The van der Waals surface area contributed by atoms with E-state index in [1.54, 1.807) is 6.92 Å². The first-order chi connectivity index (χ1) is 5.61. The van der Waals surface area contributed by atoms with E-state index in [1.165, 1.54) is 6.92 Å². The van der Waals surface area contributed by atoms with Crippen LogP contribution in [0.1, 0.15) is 18.4 Å². The van der Waals surface area contributed by atoms with Crippen molar-refractivity contribution < 1.29 is 14.1 Å². The van der Waals surface area contributed by atoms with E-state index in [0.717, 1.165) is 10.2 Å². The molecule has 1 rings (SSSR count). The highest BCUT2D eigenvalue weighted by atomic mass is 79.9. The molecule has 0 aliphatic rings. The maximum absolute atomic E-state index is 10.4. The van der Waals surface area contributed by atoms with E-state index in [4.69, 9.17) is 9.26 Å². The van der Waals surface area contributed by atoms with Crippen molar-refractivity contribution in [2.24, 2.45) is 0 Å². The lowest BCUT2D eigenvalue weighted by molar-refractivity contribution is -0.142. The van der Waals surface area contributed by atoms with Gasteiger partial charge in [-0.15, -0.1) is 0 Å². The first-order valence-corrected chi connectivity index (χ1v) is 4.14. The quantitative estimate of drug-likeness (QED) is 0.732. The molecule has 0 radical (unpaired) electrons. The lowest BCUT2D eigenvalue weighted by Crippen LogP contribution is -1.98. The maximum Gasteiger partial charge on any atom is 0.303 e. The summed E-state index contributed by atoms with van der Waals surface area (Å²) in [5.74, 6) is 0.193. The topological polar surface area (TPSA) is 52.3 Å². The monoisotopic (exact) mass is 233 g/mol. The molecule has 0 N–H and O–H groups in total. The Kier molecular flexibility index (Phi) is 2.86. The Morgan fingerprint density at radius 1 is 1.75 bits per heavy atom. The summed E-state index contributed by atoms with van der Waals surface area (Å²) in [6.45, 7) is 3.26. The molecule has 1 aromatic rings. The number of halogens is 1. The van der Waals surface area contributed by atoms with Crippen LogP contribution in [-0.2, 0) is 16.1 Å². The van der Waals surface area contributed by atoms with Gasteiger partial charge in [0, 0.05) is 6.92 Å². The number of hydrogen-bond donors (Lipinski definition) is 0. The Morgan fingerprint density at radius 2 is 2.42 bits per heavy atom. The first kappa shape index (κ1) is 9.25. The van der Waals surface area contributed by atoms with Gasteiger partial charge in [-0.2, -0.15) is 0 Å². The van der Waals surface area contributed by atoms with Gasteiger partial charge in [-0.1, -0.05) is 5.16 Å². The normalized spacial score (nSPS) is 9.92. The third-order valence-electron chi connectivity index (χ3n) is 1.26. The number of rotatable bonds is 2. The molecule has 0 saturated heterocycles. The second kappa shape index (κ2) is 3.71. The van der Waals surface area contributed by atoms with E-state index < -0.39 is 0 Å². The van der Waals surface area contributed by atoms with E-state index in [0.29, 0.717) is 5.76 Å². The molecule has 0 bridgehead atoms. The second-order valence-electron chi connectivity index (χ2n) is 2.29. The molecule has 0 atom stereocenters. The van der Waals surface area contributed by atoms with Crippen molar-refractivity contribution in [2.75, 3.05) is 0 Å². The molecular weight excluding hydrogens is 226 g/mol. The Morgan fingerprint density at radius 3 is 2.83 bits per heavy atom. The number of aromatic nitrogens is 1. The Hall–Kier alpha value is -0.840. The molecule has 0 spiro atoms. The summed E-state index contributed by atoms with van der Waals surface area (Å²) in [6.07, 6.45) is 0.